The first kappa shape index (κ1) is 24.8. The maximum atomic E-state index is 14.0. The van der Waals surface area contributed by atoms with E-state index in [9.17, 15) is 19.1 Å². The van der Waals surface area contributed by atoms with E-state index < -0.39 is 30.0 Å². The molecule has 0 aliphatic carbocycles. The molecule has 180 valence electrons. The van der Waals surface area contributed by atoms with Crippen molar-refractivity contribution in [3.8, 4) is 11.4 Å². The summed E-state index contributed by atoms with van der Waals surface area (Å²) in [4.78, 5) is 32.0. The van der Waals surface area contributed by atoms with Gasteiger partial charge in [-0.25, -0.2) is 4.39 Å². The molecule has 0 spiro atoms. The van der Waals surface area contributed by atoms with Gasteiger partial charge in [0.25, 0.3) is 0 Å². The fraction of sp³-hybridized carbons (Fsp3) is 0.565. The number of pyridine rings is 1. The first-order valence-electron chi connectivity index (χ1n) is 11.0. The molecule has 1 aliphatic rings. The molecule has 4 atom stereocenters. The number of β-amino-alcohol motifs (C(OH)–C–C–N with tert-alkyl or cyclic N) is 1. The number of aliphatic hydroxyl groups excluding tert-OH is 1. The van der Waals surface area contributed by atoms with E-state index in [1.54, 1.807) is 32.4 Å². The SMILES string of the molecule is CNC(C(=O)N1C[C@H](O)C[C@H]1C(=O)N[C@@H](C)c1ccc(-c2c(F)cnn2C)nc1)C(C)(C)C. The lowest BCUT2D eigenvalue weighted by Crippen LogP contribution is -2.56. The second-order valence-corrected chi connectivity index (χ2v) is 9.66. The molecule has 2 aromatic rings. The average molecular weight is 461 g/mol. The molecule has 1 fully saturated rings. The monoisotopic (exact) mass is 460 g/mol. The summed E-state index contributed by atoms with van der Waals surface area (Å²) in [6, 6.07) is 1.80. The second kappa shape index (κ2) is 9.56. The third-order valence-corrected chi connectivity index (χ3v) is 6.05. The van der Waals surface area contributed by atoms with Gasteiger partial charge in [0.05, 0.1) is 30.1 Å². The lowest BCUT2D eigenvalue weighted by molar-refractivity contribution is -0.142. The molecule has 1 unspecified atom stereocenters. The van der Waals surface area contributed by atoms with Gasteiger partial charge < -0.3 is 20.6 Å². The van der Waals surface area contributed by atoms with Crippen LogP contribution in [0, 0.1) is 11.2 Å². The van der Waals surface area contributed by atoms with Gasteiger partial charge in [-0.1, -0.05) is 26.8 Å². The summed E-state index contributed by atoms with van der Waals surface area (Å²) in [6.07, 6.45) is 2.14. The highest BCUT2D eigenvalue weighted by atomic mass is 19.1. The second-order valence-electron chi connectivity index (χ2n) is 9.66. The number of aromatic nitrogens is 3. The van der Waals surface area contributed by atoms with Gasteiger partial charge in [0, 0.05) is 26.2 Å². The molecule has 0 bridgehead atoms. The van der Waals surface area contributed by atoms with Crippen molar-refractivity contribution in [2.75, 3.05) is 13.6 Å². The number of carbonyl (C=O) groups excluding carboxylic acids is 2. The maximum Gasteiger partial charge on any atom is 0.243 e. The van der Waals surface area contributed by atoms with Gasteiger partial charge >= 0.3 is 0 Å². The van der Waals surface area contributed by atoms with Crippen molar-refractivity contribution in [1.29, 1.82) is 0 Å². The number of carbonyl (C=O) groups is 2. The number of halogens is 1. The van der Waals surface area contributed by atoms with Crippen LogP contribution in [-0.4, -0.2) is 68.4 Å². The van der Waals surface area contributed by atoms with Gasteiger partial charge in [0.15, 0.2) is 5.82 Å². The molecule has 0 radical (unpaired) electrons. The van der Waals surface area contributed by atoms with E-state index in [0.717, 1.165) is 11.8 Å². The molecule has 10 heteroatoms. The van der Waals surface area contributed by atoms with Crippen molar-refractivity contribution in [1.82, 2.24) is 30.3 Å². The molecule has 3 heterocycles. The lowest BCUT2D eigenvalue weighted by Gasteiger charge is -2.34. The zero-order valence-corrected chi connectivity index (χ0v) is 20.0. The minimum absolute atomic E-state index is 0.117. The number of amides is 2. The molecule has 1 aliphatic heterocycles. The number of nitrogens with one attached hydrogen (secondary N) is 2. The predicted molar refractivity (Wildman–Crippen MR) is 121 cm³/mol. The first-order chi connectivity index (χ1) is 15.4. The largest absolute Gasteiger partial charge is 0.391 e. The van der Waals surface area contributed by atoms with Crippen LogP contribution in [0.4, 0.5) is 4.39 Å². The van der Waals surface area contributed by atoms with E-state index in [1.165, 1.54) is 9.58 Å². The minimum atomic E-state index is -0.760. The summed E-state index contributed by atoms with van der Waals surface area (Å²) in [5.74, 6) is -1.00. The number of likely N-dealkylation sites (N-methyl/N-ethyl adjacent to an activating group) is 1. The summed E-state index contributed by atoms with van der Waals surface area (Å²) in [5.41, 5.74) is 1.10. The van der Waals surface area contributed by atoms with Crippen LogP contribution in [0.15, 0.2) is 24.5 Å². The van der Waals surface area contributed by atoms with E-state index >= 15 is 0 Å². The summed E-state index contributed by atoms with van der Waals surface area (Å²) in [7, 11) is 3.35. The molecule has 3 rings (SSSR count). The molecule has 1 saturated heterocycles. The van der Waals surface area contributed by atoms with Gasteiger partial charge in [0.2, 0.25) is 11.8 Å². The van der Waals surface area contributed by atoms with Crippen molar-refractivity contribution < 1.29 is 19.1 Å². The Bertz CT molecular complexity index is 981. The van der Waals surface area contributed by atoms with Gasteiger partial charge in [-0.3, -0.25) is 19.3 Å². The van der Waals surface area contributed by atoms with Gasteiger partial charge in [0.1, 0.15) is 11.7 Å². The molecule has 0 aromatic carbocycles. The van der Waals surface area contributed by atoms with Crippen molar-refractivity contribution in [2.45, 2.75) is 58.3 Å². The third kappa shape index (κ3) is 5.22. The molecule has 33 heavy (non-hydrogen) atoms. The Kier molecular flexibility index (Phi) is 7.18. The fourth-order valence-corrected chi connectivity index (χ4v) is 4.29. The highest BCUT2D eigenvalue weighted by Crippen LogP contribution is 2.27. The molecular formula is C23H33FN6O3. The van der Waals surface area contributed by atoms with E-state index in [0.29, 0.717) is 5.69 Å². The van der Waals surface area contributed by atoms with Crippen LogP contribution >= 0.6 is 0 Å². The Hall–Kier alpha value is -2.85. The Balaban J connectivity index is 1.72. The molecule has 2 amide bonds. The number of hydrogen-bond donors (Lipinski definition) is 3. The van der Waals surface area contributed by atoms with Crippen LogP contribution in [0.5, 0.6) is 0 Å². The number of nitrogens with zero attached hydrogens (tertiary/aromatic N) is 4. The van der Waals surface area contributed by atoms with E-state index in [1.807, 2.05) is 27.7 Å². The van der Waals surface area contributed by atoms with Crippen LogP contribution in [0.25, 0.3) is 11.4 Å². The van der Waals surface area contributed by atoms with Crippen LogP contribution in [0.3, 0.4) is 0 Å². The Morgan fingerprint density at radius 2 is 1.97 bits per heavy atom. The van der Waals surface area contributed by atoms with Gasteiger partial charge in [-0.15, -0.1) is 0 Å². The molecular weight excluding hydrogens is 427 g/mol. The number of aliphatic hydroxyl groups is 1. The highest BCUT2D eigenvalue weighted by Gasteiger charge is 2.43. The maximum absolute atomic E-state index is 14.0. The fourth-order valence-electron chi connectivity index (χ4n) is 4.29. The third-order valence-electron chi connectivity index (χ3n) is 6.05. The number of likely N-dealkylation sites (tertiary alicyclic amines) is 1. The quantitative estimate of drug-likeness (QED) is 0.601. The zero-order chi connectivity index (χ0) is 24.5. The zero-order valence-electron chi connectivity index (χ0n) is 20.0. The van der Waals surface area contributed by atoms with Crippen molar-refractivity contribution >= 4 is 11.8 Å². The molecule has 0 saturated carbocycles. The van der Waals surface area contributed by atoms with E-state index in [2.05, 4.69) is 20.7 Å². The minimum Gasteiger partial charge on any atom is -0.391 e. The number of aryl methyl sites for hydroxylation is 1. The summed E-state index contributed by atoms with van der Waals surface area (Å²) in [5, 5.41) is 20.0. The normalized spacial score (nSPS) is 20.5. The highest BCUT2D eigenvalue weighted by molar-refractivity contribution is 5.91. The Morgan fingerprint density at radius 3 is 2.48 bits per heavy atom. The molecule has 9 nitrogen and oxygen atoms in total. The smallest absolute Gasteiger partial charge is 0.243 e. The van der Waals surface area contributed by atoms with Crippen molar-refractivity contribution in [2.24, 2.45) is 12.5 Å². The average Bonchev–Trinajstić information content (AvgIpc) is 3.29. The standard InChI is InChI=1S/C23H33FN6O3/c1-13(14-7-8-17(26-10-14)19-16(24)11-27-29(19)6)28-21(32)18-9-15(31)12-30(18)22(33)20(25-5)23(2,3)4/h7-8,10-11,13,15,18,20,25,31H,9,12H2,1-6H3,(H,28,32)/t13-,15+,18-,20?/m0/s1. The Labute approximate surface area is 193 Å². The van der Waals surface area contributed by atoms with E-state index in [4.69, 9.17) is 0 Å². The molecule has 2 aromatic heterocycles. The topological polar surface area (TPSA) is 112 Å². The first-order valence-corrected chi connectivity index (χ1v) is 11.0. The predicted octanol–water partition coefficient (Wildman–Crippen LogP) is 1.39. The summed E-state index contributed by atoms with van der Waals surface area (Å²) >= 11 is 0. The van der Waals surface area contributed by atoms with Gasteiger partial charge in [-0.2, -0.15) is 5.10 Å². The lowest BCUT2D eigenvalue weighted by atomic mass is 9.86. The summed E-state index contributed by atoms with van der Waals surface area (Å²) < 4.78 is 15.4. The van der Waals surface area contributed by atoms with Crippen LogP contribution < -0.4 is 10.6 Å². The van der Waals surface area contributed by atoms with Crippen molar-refractivity contribution in [3.05, 3.63) is 35.9 Å². The summed E-state index contributed by atoms with van der Waals surface area (Å²) in [6.45, 7) is 7.77. The van der Waals surface area contributed by atoms with E-state index in [-0.39, 0.29) is 35.9 Å². The van der Waals surface area contributed by atoms with Crippen LogP contribution in [0.1, 0.15) is 45.7 Å². The molecule has 3 N–H and O–H groups in total. The number of rotatable bonds is 6. The van der Waals surface area contributed by atoms with Gasteiger partial charge in [-0.05, 0) is 31.0 Å². The Morgan fingerprint density at radius 1 is 1.27 bits per heavy atom. The van der Waals surface area contributed by atoms with Crippen molar-refractivity contribution in [3.63, 3.8) is 0 Å². The number of hydrogen-bond acceptors (Lipinski definition) is 6. The van der Waals surface area contributed by atoms with Crippen LogP contribution in [-0.2, 0) is 16.6 Å². The van der Waals surface area contributed by atoms with Crippen LogP contribution in [0.2, 0.25) is 0 Å².